The number of aromatic nitrogens is 4. The van der Waals surface area contributed by atoms with Gasteiger partial charge in [-0.3, -0.25) is 15.2 Å². The molecule has 0 spiro atoms. The summed E-state index contributed by atoms with van der Waals surface area (Å²) in [6.45, 7) is 5.07. The highest BCUT2D eigenvalue weighted by Crippen LogP contribution is 2.24. The molecule has 0 unspecified atom stereocenters. The van der Waals surface area contributed by atoms with E-state index in [2.05, 4.69) is 31.8 Å². The largest absolute Gasteiger partial charge is 0.471 e. The molecule has 3 aromatic rings. The van der Waals surface area contributed by atoms with Gasteiger partial charge in [0.05, 0.1) is 17.0 Å². The van der Waals surface area contributed by atoms with Crippen LogP contribution in [-0.2, 0) is 11.4 Å². The van der Waals surface area contributed by atoms with Gasteiger partial charge in [-0.2, -0.15) is 0 Å². The smallest absolute Gasteiger partial charge is 0.246 e. The Hall–Kier alpha value is -4.34. The maximum atomic E-state index is 12.0. The van der Waals surface area contributed by atoms with Gasteiger partial charge in [0.2, 0.25) is 11.8 Å². The highest BCUT2D eigenvalue weighted by molar-refractivity contribution is 6.16. The fourth-order valence-corrected chi connectivity index (χ4v) is 3.76. The number of carbonyl (C=O) groups excluding carboxylic acids is 1. The van der Waals surface area contributed by atoms with E-state index in [9.17, 15) is 4.79 Å². The summed E-state index contributed by atoms with van der Waals surface area (Å²) in [6.07, 6.45) is 7.66. The molecule has 0 bridgehead atoms. The Bertz CT molecular complexity index is 1170. The first-order valence-electron chi connectivity index (χ1n) is 10.9. The van der Waals surface area contributed by atoms with E-state index in [0.29, 0.717) is 42.5 Å². The van der Waals surface area contributed by atoms with Crippen LogP contribution in [0.15, 0.2) is 61.7 Å². The number of piperidine rings is 1. The number of pyridine rings is 2. The van der Waals surface area contributed by atoms with Gasteiger partial charge in [0.15, 0.2) is 0 Å². The van der Waals surface area contributed by atoms with Crippen molar-refractivity contribution >= 4 is 23.3 Å². The van der Waals surface area contributed by atoms with Gasteiger partial charge in [0.25, 0.3) is 0 Å². The molecule has 174 valence electrons. The summed E-state index contributed by atoms with van der Waals surface area (Å²) in [7, 11) is 0. The number of carbonyl (C=O) groups is 1. The summed E-state index contributed by atoms with van der Waals surface area (Å²) in [6, 6.07) is 9.01. The normalized spacial score (nSPS) is 15.4. The lowest BCUT2D eigenvalue weighted by Crippen LogP contribution is -2.44. The number of nitrogens with zero attached hydrogens (tertiary/aromatic N) is 5. The number of hydrogen-bond donors (Lipinski definition) is 3. The van der Waals surface area contributed by atoms with Crippen molar-refractivity contribution in [3.05, 3.63) is 78.5 Å². The minimum absolute atomic E-state index is 0.0287. The zero-order chi connectivity index (χ0) is 23.9. The average molecular weight is 459 g/mol. The van der Waals surface area contributed by atoms with Crippen LogP contribution in [0.25, 0.3) is 0 Å². The van der Waals surface area contributed by atoms with Crippen LogP contribution in [0.4, 0.5) is 11.6 Å². The fraction of sp³-hybridized carbons (Fsp3) is 0.250. The fourth-order valence-electron chi connectivity index (χ4n) is 3.76. The van der Waals surface area contributed by atoms with E-state index < -0.39 is 0 Å². The molecule has 4 N–H and O–H groups in total. The Labute approximate surface area is 197 Å². The van der Waals surface area contributed by atoms with Gasteiger partial charge in [-0.15, -0.1) is 0 Å². The van der Waals surface area contributed by atoms with Crippen LogP contribution in [0.5, 0.6) is 5.88 Å². The summed E-state index contributed by atoms with van der Waals surface area (Å²) >= 11 is 0. The van der Waals surface area contributed by atoms with E-state index in [0.717, 1.165) is 18.5 Å². The Balaban J connectivity index is 1.48. The molecule has 1 fully saturated rings. The van der Waals surface area contributed by atoms with Gasteiger partial charge < -0.3 is 20.7 Å². The van der Waals surface area contributed by atoms with Gasteiger partial charge >= 0.3 is 0 Å². The molecule has 3 aromatic heterocycles. The summed E-state index contributed by atoms with van der Waals surface area (Å²) in [5.41, 5.74) is 8.00. The third-order valence-electron chi connectivity index (χ3n) is 5.49. The van der Waals surface area contributed by atoms with Crippen molar-refractivity contribution in [2.24, 2.45) is 0 Å². The second-order valence-electron chi connectivity index (χ2n) is 7.82. The summed E-state index contributed by atoms with van der Waals surface area (Å²) in [5, 5.41) is 12.1. The molecule has 10 nitrogen and oxygen atoms in total. The van der Waals surface area contributed by atoms with E-state index in [1.807, 2.05) is 18.2 Å². The molecule has 1 aliphatic heterocycles. The zero-order valence-corrected chi connectivity index (χ0v) is 18.6. The minimum Gasteiger partial charge on any atom is -0.471 e. The lowest BCUT2D eigenvalue weighted by atomic mass is 10.0. The Morgan fingerprint density at radius 2 is 2.15 bits per heavy atom. The first kappa shape index (κ1) is 22.8. The second-order valence-corrected chi connectivity index (χ2v) is 7.82. The minimum atomic E-state index is -0.0990. The van der Waals surface area contributed by atoms with E-state index >= 15 is 0 Å². The van der Waals surface area contributed by atoms with Crippen LogP contribution in [0.3, 0.4) is 0 Å². The first-order chi connectivity index (χ1) is 16.5. The Morgan fingerprint density at radius 3 is 2.88 bits per heavy atom. The number of nitrogens with two attached hydrogens (primary N) is 1. The zero-order valence-electron chi connectivity index (χ0n) is 18.6. The molecule has 1 amide bonds. The summed E-state index contributed by atoms with van der Waals surface area (Å²) < 4.78 is 5.67. The van der Waals surface area contributed by atoms with Crippen molar-refractivity contribution in [2.75, 3.05) is 24.1 Å². The number of amides is 1. The van der Waals surface area contributed by atoms with Crippen LogP contribution in [0.2, 0.25) is 0 Å². The topological polar surface area (TPSA) is 143 Å². The van der Waals surface area contributed by atoms with Crippen molar-refractivity contribution in [1.82, 2.24) is 24.8 Å². The summed E-state index contributed by atoms with van der Waals surface area (Å²) in [5.74, 6) is 0.962. The van der Waals surface area contributed by atoms with E-state index in [1.165, 1.54) is 12.4 Å². The van der Waals surface area contributed by atoms with E-state index in [-0.39, 0.29) is 23.5 Å². The third-order valence-corrected chi connectivity index (χ3v) is 5.49. The van der Waals surface area contributed by atoms with Gasteiger partial charge in [0.1, 0.15) is 24.6 Å². The SMILES string of the molecule is C=CC(=O)N1CCC[C@@H](Nc2ncnc(N)c2C(=N)c2ccc(OCc3ccccn3)nc2)C1. The predicted molar refractivity (Wildman–Crippen MR) is 129 cm³/mol. The van der Waals surface area contributed by atoms with Gasteiger partial charge in [-0.05, 0) is 37.1 Å². The van der Waals surface area contributed by atoms with Crippen LogP contribution in [0.1, 0.15) is 29.7 Å². The lowest BCUT2D eigenvalue weighted by Gasteiger charge is -2.33. The molecule has 34 heavy (non-hydrogen) atoms. The van der Waals surface area contributed by atoms with Crippen LogP contribution < -0.4 is 15.8 Å². The molecule has 0 aromatic carbocycles. The second kappa shape index (κ2) is 10.5. The van der Waals surface area contributed by atoms with Crippen molar-refractivity contribution in [1.29, 1.82) is 5.41 Å². The van der Waals surface area contributed by atoms with Crippen molar-refractivity contribution in [3.8, 4) is 5.88 Å². The maximum Gasteiger partial charge on any atom is 0.246 e. The van der Waals surface area contributed by atoms with E-state index in [4.69, 9.17) is 15.9 Å². The Morgan fingerprint density at radius 1 is 1.26 bits per heavy atom. The monoisotopic (exact) mass is 458 g/mol. The quantitative estimate of drug-likeness (QED) is 0.345. The van der Waals surface area contributed by atoms with Crippen LogP contribution in [-0.4, -0.2) is 55.6 Å². The number of ether oxygens (including phenoxy) is 1. The van der Waals surface area contributed by atoms with Gasteiger partial charge in [-0.1, -0.05) is 12.6 Å². The number of nitrogen functional groups attached to an aromatic ring is 1. The maximum absolute atomic E-state index is 12.0. The first-order valence-corrected chi connectivity index (χ1v) is 10.9. The standard InChI is InChI=1S/C24H26N8O2/c1-2-20(33)32-11-5-7-17(13-32)31-24-21(23(26)29-15-30-24)22(25)16-8-9-19(28-12-16)34-14-18-6-3-4-10-27-18/h2-4,6,8-10,12,15,17,25H,1,5,7,11,13-14H2,(H3,26,29,30,31)/t17-/m1/s1. The lowest BCUT2D eigenvalue weighted by molar-refractivity contribution is -0.127. The molecular formula is C24H26N8O2. The highest BCUT2D eigenvalue weighted by Gasteiger charge is 2.25. The number of nitrogens with one attached hydrogen (secondary N) is 2. The number of hydrogen-bond acceptors (Lipinski definition) is 9. The molecule has 1 atom stereocenters. The molecule has 4 heterocycles. The van der Waals surface area contributed by atoms with Crippen LogP contribution in [0, 0.1) is 5.41 Å². The summed E-state index contributed by atoms with van der Waals surface area (Å²) in [4.78, 5) is 30.7. The molecule has 0 saturated carbocycles. The van der Waals surface area contributed by atoms with Gasteiger partial charge in [-0.25, -0.2) is 15.0 Å². The predicted octanol–water partition coefficient (Wildman–Crippen LogP) is 2.43. The molecule has 4 rings (SSSR count). The van der Waals surface area contributed by atoms with Crippen molar-refractivity contribution in [3.63, 3.8) is 0 Å². The Kier molecular flexibility index (Phi) is 7.07. The number of anilines is 2. The highest BCUT2D eigenvalue weighted by atomic mass is 16.5. The molecule has 0 aliphatic carbocycles. The van der Waals surface area contributed by atoms with Crippen molar-refractivity contribution in [2.45, 2.75) is 25.5 Å². The van der Waals surface area contributed by atoms with Gasteiger partial charge in [0, 0.05) is 43.2 Å². The molecular weight excluding hydrogens is 432 g/mol. The molecule has 1 aliphatic rings. The number of rotatable bonds is 8. The van der Waals surface area contributed by atoms with E-state index in [1.54, 1.807) is 29.4 Å². The average Bonchev–Trinajstić information content (AvgIpc) is 2.88. The molecule has 1 saturated heterocycles. The van der Waals surface area contributed by atoms with Crippen LogP contribution >= 0.6 is 0 Å². The molecule has 10 heteroatoms. The molecule has 0 radical (unpaired) electrons. The van der Waals surface area contributed by atoms with Crippen molar-refractivity contribution < 1.29 is 9.53 Å². The third kappa shape index (κ3) is 5.34. The number of likely N-dealkylation sites (tertiary alicyclic amines) is 1.